The van der Waals surface area contributed by atoms with Crippen molar-refractivity contribution in [1.29, 1.82) is 0 Å². The van der Waals surface area contributed by atoms with Crippen molar-refractivity contribution in [3.05, 3.63) is 48.0 Å². The van der Waals surface area contributed by atoms with Gasteiger partial charge in [0.2, 0.25) is 5.91 Å². The van der Waals surface area contributed by atoms with Crippen molar-refractivity contribution >= 4 is 27.3 Å². The number of alkyl halides is 6. The Bertz CT molecular complexity index is 1020. The average molecular weight is 442 g/mol. The van der Waals surface area contributed by atoms with Crippen molar-refractivity contribution < 1.29 is 44.3 Å². The maximum atomic E-state index is 13.3. The lowest BCUT2D eigenvalue weighted by Gasteiger charge is -2.18. The molecule has 6 nitrogen and oxygen atoms in total. The third-order valence-corrected chi connectivity index (χ3v) is 4.66. The van der Waals surface area contributed by atoms with Gasteiger partial charge in [0, 0.05) is 12.6 Å². The second-order valence-electron chi connectivity index (χ2n) is 5.54. The van der Waals surface area contributed by atoms with Crippen molar-refractivity contribution in [1.82, 2.24) is 0 Å². The number of amides is 1. The van der Waals surface area contributed by atoms with E-state index in [1.54, 1.807) is 4.72 Å². The van der Waals surface area contributed by atoms with Gasteiger partial charge >= 0.3 is 12.5 Å². The zero-order valence-corrected chi connectivity index (χ0v) is 15.2. The van der Waals surface area contributed by atoms with Gasteiger partial charge in [0.15, 0.2) is 0 Å². The summed E-state index contributed by atoms with van der Waals surface area (Å²) in [7, 11) is -4.90. The fraction of sp³-hybridized carbons (Fsp3) is 0.188. The average Bonchev–Trinajstić information content (AvgIpc) is 2.53. The molecule has 158 valence electrons. The molecule has 13 heteroatoms. The number of halogens is 6. The number of benzene rings is 2. The van der Waals surface area contributed by atoms with E-state index in [1.807, 2.05) is 0 Å². The Morgan fingerprint density at radius 1 is 1.00 bits per heavy atom. The summed E-state index contributed by atoms with van der Waals surface area (Å²) in [5.41, 5.74) is -2.66. The first-order chi connectivity index (χ1) is 13.2. The van der Waals surface area contributed by atoms with Gasteiger partial charge in [0.1, 0.15) is 10.6 Å². The van der Waals surface area contributed by atoms with E-state index in [0.717, 1.165) is 37.3 Å². The van der Waals surface area contributed by atoms with Crippen LogP contribution in [0.15, 0.2) is 47.4 Å². The minimum Gasteiger partial charge on any atom is -0.404 e. The molecule has 2 rings (SSSR count). The lowest BCUT2D eigenvalue weighted by atomic mass is 10.1. The molecule has 2 N–H and O–H groups in total. The predicted octanol–water partition coefficient (Wildman–Crippen LogP) is 4.36. The van der Waals surface area contributed by atoms with Crippen LogP contribution in [-0.2, 0) is 21.0 Å². The van der Waals surface area contributed by atoms with Crippen LogP contribution in [-0.4, -0.2) is 20.7 Å². The molecule has 0 aliphatic rings. The van der Waals surface area contributed by atoms with Crippen molar-refractivity contribution in [3.8, 4) is 5.75 Å². The Balaban J connectivity index is 2.49. The Morgan fingerprint density at radius 3 is 2.17 bits per heavy atom. The lowest BCUT2D eigenvalue weighted by Crippen LogP contribution is -2.22. The number of carbonyl (C=O) groups excluding carboxylic acids is 1. The van der Waals surface area contributed by atoms with Gasteiger partial charge in [-0.05, 0) is 30.3 Å². The van der Waals surface area contributed by atoms with E-state index < -0.39 is 50.4 Å². The van der Waals surface area contributed by atoms with Gasteiger partial charge in [0.05, 0.1) is 11.3 Å². The van der Waals surface area contributed by atoms with Gasteiger partial charge in [-0.2, -0.15) is 13.2 Å². The molecule has 0 radical (unpaired) electrons. The summed E-state index contributed by atoms with van der Waals surface area (Å²) in [4.78, 5) is 10.00. The molecule has 0 saturated heterocycles. The SMILES string of the molecule is CC(=O)Nc1ccc(NS(=O)(=O)c2ccccc2OC(F)(F)F)c(C(F)(F)F)c1. The van der Waals surface area contributed by atoms with E-state index in [9.17, 15) is 39.6 Å². The summed E-state index contributed by atoms with van der Waals surface area (Å²) in [5.74, 6) is -1.78. The molecule has 2 aromatic carbocycles. The summed E-state index contributed by atoms with van der Waals surface area (Å²) in [5, 5.41) is 2.11. The van der Waals surface area contributed by atoms with Crippen molar-refractivity contribution in [3.63, 3.8) is 0 Å². The minimum absolute atomic E-state index is 0.256. The molecular weight excluding hydrogens is 430 g/mol. The molecule has 29 heavy (non-hydrogen) atoms. The van der Waals surface area contributed by atoms with E-state index in [-0.39, 0.29) is 5.69 Å². The van der Waals surface area contributed by atoms with Gasteiger partial charge in [-0.15, -0.1) is 13.2 Å². The Kier molecular flexibility index (Phi) is 6.02. The minimum atomic E-state index is -5.22. The zero-order chi connectivity index (χ0) is 22.0. The fourth-order valence-electron chi connectivity index (χ4n) is 2.23. The Hall–Kier alpha value is -2.96. The highest BCUT2D eigenvalue weighted by Gasteiger charge is 2.37. The monoisotopic (exact) mass is 442 g/mol. The predicted molar refractivity (Wildman–Crippen MR) is 89.7 cm³/mol. The van der Waals surface area contributed by atoms with E-state index in [0.29, 0.717) is 12.1 Å². The quantitative estimate of drug-likeness (QED) is 0.674. The molecule has 0 aromatic heterocycles. The number of nitrogens with one attached hydrogen (secondary N) is 2. The summed E-state index contributed by atoms with van der Waals surface area (Å²) < 4.78 is 108. The van der Waals surface area contributed by atoms with E-state index in [1.165, 1.54) is 0 Å². The highest BCUT2D eigenvalue weighted by molar-refractivity contribution is 7.92. The first kappa shape index (κ1) is 22.3. The highest BCUT2D eigenvalue weighted by atomic mass is 32.2. The normalized spacial score (nSPS) is 12.4. The van der Waals surface area contributed by atoms with Crippen LogP contribution in [0.5, 0.6) is 5.75 Å². The summed E-state index contributed by atoms with van der Waals surface area (Å²) >= 11 is 0. The second kappa shape index (κ2) is 7.81. The second-order valence-corrected chi connectivity index (χ2v) is 7.19. The molecule has 0 bridgehead atoms. The molecule has 0 spiro atoms. The van der Waals surface area contributed by atoms with E-state index in [4.69, 9.17) is 0 Å². The number of hydrogen-bond donors (Lipinski definition) is 2. The van der Waals surface area contributed by atoms with Crippen LogP contribution in [0.1, 0.15) is 12.5 Å². The molecule has 0 atom stereocenters. The third-order valence-electron chi connectivity index (χ3n) is 3.25. The van der Waals surface area contributed by atoms with Crippen LogP contribution in [0.3, 0.4) is 0 Å². The standard InChI is InChI=1S/C16H12F6N2O4S/c1-9(25)23-10-6-7-12(11(8-10)15(17,18)19)24-29(26,27)14-5-3-2-4-13(14)28-16(20,21)22/h2-8,24H,1H3,(H,23,25). The third kappa shape index (κ3) is 6.01. The van der Waals surface area contributed by atoms with Crippen LogP contribution in [0, 0.1) is 0 Å². The van der Waals surface area contributed by atoms with Crippen LogP contribution in [0.4, 0.5) is 37.7 Å². The van der Waals surface area contributed by atoms with Gasteiger partial charge in [-0.25, -0.2) is 8.42 Å². The van der Waals surface area contributed by atoms with E-state index in [2.05, 4.69) is 10.1 Å². The molecule has 0 fully saturated rings. The largest absolute Gasteiger partial charge is 0.573 e. The number of sulfonamides is 1. The molecule has 0 unspecified atom stereocenters. The smallest absolute Gasteiger partial charge is 0.404 e. The molecule has 0 heterocycles. The summed E-state index contributed by atoms with van der Waals surface area (Å²) in [6.45, 7) is 1.06. The van der Waals surface area contributed by atoms with Crippen LogP contribution < -0.4 is 14.8 Å². The van der Waals surface area contributed by atoms with Crippen molar-refractivity contribution in [2.75, 3.05) is 10.0 Å². The lowest BCUT2D eigenvalue weighted by molar-refractivity contribution is -0.275. The topological polar surface area (TPSA) is 84.5 Å². The van der Waals surface area contributed by atoms with Gasteiger partial charge in [-0.1, -0.05) is 12.1 Å². The fourth-order valence-corrected chi connectivity index (χ4v) is 3.44. The number of hydrogen-bond acceptors (Lipinski definition) is 4. The van der Waals surface area contributed by atoms with Crippen molar-refractivity contribution in [2.45, 2.75) is 24.4 Å². The molecular formula is C16H12F6N2O4S. The van der Waals surface area contributed by atoms with Crippen LogP contribution in [0.25, 0.3) is 0 Å². The maximum Gasteiger partial charge on any atom is 0.573 e. The summed E-state index contributed by atoms with van der Waals surface area (Å²) in [6.07, 6.45) is -10.3. The first-order valence-electron chi connectivity index (χ1n) is 7.55. The zero-order valence-electron chi connectivity index (χ0n) is 14.4. The first-order valence-corrected chi connectivity index (χ1v) is 9.04. The molecule has 2 aromatic rings. The molecule has 0 saturated carbocycles. The molecule has 0 aliphatic heterocycles. The maximum absolute atomic E-state index is 13.3. The van der Waals surface area contributed by atoms with Gasteiger partial charge in [0.25, 0.3) is 10.0 Å². The van der Waals surface area contributed by atoms with Gasteiger partial charge < -0.3 is 10.1 Å². The number of carbonyl (C=O) groups is 1. The number of anilines is 2. The van der Waals surface area contributed by atoms with Crippen LogP contribution in [0.2, 0.25) is 0 Å². The van der Waals surface area contributed by atoms with Crippen molar-refractivity contribution in [2.24, 2.45) is 0 Å². The Labute approximate surface area is 160 Å². The molecule has 1 amide bonds. The molecule has 0 aliphatic carbocycles. The van der Waals surface area contributed by atoms with Crippen LogP contribution >= 0.6 is 0 Å². The number of rotatable bonds is 5. The number of ether oxygens (including phenoxy) is 1. The van der Waals surface area contributed by atoms with Gasteiger partial charge in [-0.3, -0.25) is 9.52 Å². The summed E-state index contributed by atoms with van der Waals surface area (Å²) in [6, 6.07) is 5.77. The number of para-hydroxylation sites is 1. The Morgan fingerprint density at radius 2 is 1.62 bits per heavy atom. The highest BCUT2D eigenvalue weighted by Crippen LogP contribution is 2.38. The van der Waals surface area contributed by atoms with E-state index >= 15 is 0 Å².